The molecule has 1 fully saturated rings. The molecule has 0 aromatic heterocycles. The van der Waals surface area contributed by atoms with Gasteiger partial charge in [-0.05, 0) is 66.6 Å². The predicted molar refractivity (Wildman–Crippen MR) is 102 cm³/mol. The molecule has 1 amide bonds. The monoisotopic (exact) mass is 333 g/mol. The highest BCUT2D eigenvalue weighted by molar-refractivity contribution is 6.35. The number of benzene rings is 2. The summed E-state index contributed by atoms with van der Waals surface area (Å²) in [4.78, 5) is 12.4. The van der Waals surface area contributed by atoms with Crippen LogP contribution >= 0.6 is 0 Å². The summed E-state index contributed by atoms with van der Waals surface area (Å²) in [6.07, 6.45) is 7.02. The standard InChI is InChI=1S/C22H23NO2/c1-14-6-5-9-19-21(14)18(22(24)23-19)13-15-10-11-20(25-2)17(12-15)16-7-3-4-8-16/h5-6,9-13,16H,3-4,7-8H2,1-2H3,(H,23,24)/b18-13-. The first-order valence-corrected chi connectivity index (χ1v) is 8.98. The number of carbonyl (C=O) groups excluding carboxylic acids is 1. The molecule has 1 saturated carbocycles. The summed E-state index contributed by atoms with van der Waals surface area (Å²) >= 11 is 0. The zero-order valence-electron chi connectivity index (χ0n) is 14.8. The summed E-state index contributed by atoms with van der Waals surface area (Å²) < 4.78 is 5.58. The van der Waals surface area contributed by atoms with Crippen molar-refractivity contribution in [3.8, 4) is 5.75 Å². The topological polar surface area (TPSA) is 38.3 Å². The van der Waals surface area contributed by atoms with Gasteiger partial charge >= 0.3 is 0 Å². The van der Waals surface area contributed by atoms with E-state index in [9.17, 15) is 4.79 Å². The van der Waals surface area contributed by atoms with Crippen LogP contribution in [0.15, 0.2) is 36.4 Å². The van der Waals surface area contributed by atoms with Gasteiger partial charge in [-0.2, -0.15) is 0 Å². The second-order valence-corrected chi connectivity index (χ2v) is 6.99. The van der Waals surface area contributed by atoms with Crippen molar-refractivity contribution in [3.63, 3.8) is 0 Å². The van der Waals surface area contributed by atoms with Gasteiger partial charge in [-0.25, -0.2) is 0 Å². The summed E-state index contributed by atoms with van der Waals surface area (Å²) in [6.45, 7) is 2.05. The molecule has 2 aliphatic rings. The van der Waals surface area contributed by atoms with Crippen LogP contribution in [0, 0.1) is 6.92 Å². The van der Waals surface area contributed by atoms with Gasteiger partial charge in [0.25, 0.3) is 5.91 Å². The molecular weight excluding hydrogens is 310 g/mol. The van der Waals surface area contributed by atoms with E-state index in [2.05, 4.69) is 11.4 Å². The molecule has 2 aromatic carbocycles. The molecule has 3 nitrogen and oxygen atoms in total. The van der Waals surface area contributed by atoms with Gasteiger partial charge in [-0.15, -0.1) is 0 Å². The van der Waals surface area contributed by atoms with Gasteiger partial charge in [0.15, 0.2) is 0 Å². The number of rotatable bonds is 3. The van der Waals surface area contributed by atoms with Gasteiger partial charge in [0, 0.05) is 16.8 Å². The number of hydrogen-bond donors (Lipinski definition) is 1. The lowest BCUT2D eigenvalue weighted by Crippen LogP contribution is -2.03. The van der Waals surface area contributed by atoms with E-state index in [1.165, 1.54) is 31.2 Å². The number of methoxy groups -OCH3 is 1. The molecule has 1 aliphatic heterocycles. The number of fused-ring (bicyclic) bond motifs is 1. The van der Waals surface area contributed by atoms with Gasteiger partial charge < -0.3 is 10.1 Å². The Bertz CT molecular complexity index is 860. The van der Waals surface area contributed by atoms with Gasteiger partial charge in [-0.1, -0.05) is 31.0 Å². The number of nitrogens with one attached hydrogen (secondary N) is 1. The lowest BCUT2D eigenvalue weighted by molar-refractivity contribution is -0.110. The highest BCUT2D eigenvalue weighted by Gasteiger charge is 2.26. The van der Waals surface area contributed by atoms with Crippen LogP contribution in [0.4, 0.5) is 5.69 Å². The Morgan fingerprint density at radius 1 is 1.16 bits per heavy atom. The van der Waals surface area contributed by atoms with Crippen LogP contribution in [0.25, 0.3) is 11.6 Å². The third kappa shape index (κ3) is 2.84. The third-order valence-electron chi connectivity index (χ3n) is 5.39. The van der Waals surface area contributed by atoms with E-state index in [4.69, 9.17) is 4.74 Å². The van der Waals surface area contributed by atoms with Crippen LogP contribution in [-0.2, 0) is 4.79 Å². The average molecular weight is 333 g/mol. The van der Waals surface area contributed by atoms with E-state index in [0.717, 1.165) is 33.7 Å². The van der Waals surface area contributed by atoms with Crippen molar-refractivity contribution >= 4 is 23.2 Å². The molecule has 0 saturated heterocycles. The molecule has 0 unspecified atom stereocenters. The Hall–Kier alpha value is -2.55. The molecule has 25 heavy (non-hydrogen) atoms. The van der Waals surface area contributed by atoms with E-state index in [1.807, 2.05) is 43.3 Å². The maximum atomic E-state index is 12.4. The summed E-state index contributed by atoms with van der Waals surface area (Å²) in [6, 6.07) is 12.2. The minimum atomic E-state index is -0.0254. The quantitative estimate of drug-likeness (QED) is 0.789. The number of aryl methyl sites for hydroxylation is 1. The van der Waals surface area contributed by atoms with E-state index < -0.39 is 0 Å². The zero-order valence-corrected chi connectivity index (χ0v) is 14.8. The molecule has 4 rings (SSSR count). The number of anilines is 1. The van der Waals surface area contributed by atoms with Crippen molar-refractivity contribution in [1.82, 2.24) is 0 Å². The van der Waals surface area contributed by atoms with Gasteiger partial charge in [-0.3, -0.25) is 4.79 Å². The number of hydrogen-bond acceptors (Lipinski definition) is 2. The number of ether oxygens (including phenoxy) is 1. The van der Waals surface area contributed by atoms with Crippen molar-refractivity contribution < 1.29 is 9.53 Å². The number of amides is 1. The molecule has 3 heteroatoms. The van der Waals surface area contributed by atoms with Crippen LogP contribution in [0.2, 0.25) is 0 Å². The van der Waals surface area contributed by atoms with Crippen LogP contribution in [0.1, 0.15) is 53.9 Å². The second-order valence-electron chi connectivity index (χ2n) is 6.99. The molecule has 1 aliphatic carbocycles. The van der Waals surface area contributed by atoms with Crippen molar-refractivity contribution in [2.24, 2.45) is 0 Å². The van der Waals surface area contributed by atoms with Crippen molar-refractivity contribution in [2.75, 3.05) is 12.4 Å². The summed E-state index contributed by atoms with van der Waals surface area (Å²) in [5.74, 6) is 1.50. The summed E-state index contributed by atoms with van der Waals surface area (Å²) in [5.41, 5.74) is 6.12. The molecule has 1 heterocycles. The Kier molecular flexibility index (Phi) is 4.08. The number of carbonyl (C=O) groups is 1. The van der Waals surface area contributed by atoms with Gasteiger partial charge in [0.05, 0.1) is 7.11 Å². The minimum absolute atomic E-state index is 0.0254. The smallest absolute Gasteiger partial charge is 0.256 e. The summed E-state index contributed by atoms with van der Waals surface area (Å²) in [7, 11) is 1.73. The Morgan fingerprint density at radius 3 is 2.72 bits per heavy atom. The summed E-state index contributed by atoms with van der Waals surface area (Å²) in [5, 5.41) is 2.97. The first kappa shape index (κ1) is 15.9. The fourth-order valence-corrected chi connectivity index (χ4v) is 4.14. The van der Waals surface area contributed by atoms with Gasteiger partial charge in [0.2, 0.25) is 0 Å². The molecule has 1 N–H and O–H groups in total. The normalized spacial score (nSPS) is 18.5. The molecule has 0 spiro atoms. The minimum Gasteiger partial charge on any atom is -0.496 e. The van der Waals surface area contributed by atoms with Crippen molar-refractivity contribution in [3.05, 3.63) is 58.7 Å². The SMILES string of the molecule is COc1ccc(/C=C2\C(=O)Nc3cccc(C)c32)cc1C1CCCC1. The largest absolute Gasteiger partial charge is 0.496 e. The molecule has 0 radical (unpaired) electrons. The van der Waals surface area contributed by atoms with E-state index >= 15 is 0 Å². The van der Waals surface area contributed by atoms with Crippen LogP contribution in [-0.4, -0.2) is 13.0 Å². The van der Waals surface area contributed by atoms with Gasteiger partial charge in [0.1, 0.15) is 5.75 Å². The van der Waals surface area contributed by atoms with Crippen LogP contribution < -0.4 is 10.1 Å². The highest BCUT2D eigenvalue weighted by Crippen LogP contribution is 2.40. The third-order valence-corrected chi connectivity index (χ3v) is 5.39. The van der Waals surface area contributed by atoms with E-state index in [-0.39, 0.29) is 5.91 Å². The molecule has 0 bridgehead atoms. The average Bonchev–Trinajstić information content (AvgIpc) is 3.24. The fraction of sp³-hybridized carbons (Fsp3) is 0.318. The first-order chi connectivity index (χ1) is 12.2. The van der Waals surface area contributed by atoms with Crippen molar-refractivity contribution in [2.45, 2.75) is 38.5 Å². The van der Waals surface area contributed by atoms with Crippen LogP contribution in [0.3, 0.4) is 0 Å². The first-order valence-electron chi connectivity index (χ1n) is 8.98. The fourth-order valence-electron chi connectivity index (χ4n) is 4.14. The Morgan fingerprint density at radius 2 is 1.96 bits per heavy atom. The lowest BCUT2D eigenvalue weighted by Gasteiger charge is -2.15. The highest BCUT2D eigenvalue weighted by atomic mass is 16.5. The second kappa shape index (κ2) is 6.40. The zero-order chi connectivity index (χ0) is 17.4. The van der Waals surface area contributed by atoms with E-state index in [0.29, 0.717) is 5.92 Å². The Balaban J connectivity index is 1.77. The lowest BCUT2D eigenvalue weighted by atomic mass is 9.93. The maximum absolute atomic E-state index is 12.4. The molecule has 2 aromatic rings. The molecule has 128 valence electrons. The predicted octanol–water partition coefficient (Wildman–Crippen LogP) is 5.15. The Labute approximate surface area is 148 Å². The van der Waals surface area contributed by atoms with Crippen LogP contribution in [0.5, 0.6) is 5.75 Å². The van der Waals surface area contributed by atoms with E-state index in [1.54, 1.807) is 7.11 Å². The molecular formula is C22H23NO2. The maximum Gasteiger partial charge on any atom is 0.256 e. The molecule has 0 atom stereocenters. The van der Waals surface area contributed by atoms with Crippen molar-refractivity contribution in [1.29, 1.82) is 0 Å².